The fraction of sp³-hybridized carbons (Fsp3) is 0.462. The number of rotatable bonds is 5. The van der Waals surface area contributed by atoms with Gasteiger partial charge in [0.2, 0.25) is 6.17 Å². The van der Waals surface area contributed by atoms with Crippen LogP contribution in [-0.4, -0.2) is 22.4 Å². The monoisotopic (exact) mass is 240 g/mol. The Bertz CT molecular complexity index is 378. The number of carbonyl (C=O) groups is 1. The van der Waals surface area contributed by atoms with Gasteiger partial charge in [0.15, 0.2) is 0 Å². The van der Waals surface area contributed by atoms with E-state index in [2.05, 4.69) is 0 Å². The average molecular weight is 240 g/mol. The molecule has 4 heteroatoms. The zero-order chi connectivity index (χ0) is 13.1. The number of hydrogen-bond acceptors (Lipinski definition) is 2. The van der Waals surface area contributed by atoms with Gasteiger partial charge in [-0.2, -0.15) is 0 Å². The van der Waals surface area contributed by atoms with Crippen LogP contribution in [0.1, 0.15) is 25.8 Å². The van der Waals surface area contributed by atoms with Crippen LogP contribution in [0, 0.1) is 5.92 Å². The molecule has 0 aliphatic carbocycles. The highest BCUT2D eigenvalue weighted by atomic mass is 19.1. The molecule has 2 atom stereocenters. The molecule has 0 heterocycles. The Morgan fingerprint density at radius 3 is 2.29 bits per heavy atom. The molecule has 0 amide bonds. The van der Waals surface area contributed by atoms with Gasteiger partial charge >= 0.3 is 5.97 Å². The molecule has 0 bridgehead atoms. The summed E-state index contributed by atoms with van der Waals surface area (Å²) < 4.78 is 13.8. The minimum Gasteiger partial charge on any atom is -0.479 e. The fourth-order valence-electron chi connectivity index (χ4n) is 1.92. The third-order valence-corrected chi connectivity index (χ3v) is 2.63. The third-order valence-electron chi connectivity index (χ3n) is 2.63. The van der Waals surface area contributed by atoms with Crippen LogP contribution in [0.5, 0.6) is 0 Å². The van der Waals surface area contributed by atoms with E-state index in [1.807, 2.05) is 13.8 Å². The first kappa shape index (κ1) is 13.6. The molecule has 3 nitrogen and oxygen atoms in total. The Labute approximate surface area is 99.9 Å². The maximum atomic E-state index is 13.8. The molecule has 1 aromatic carbocycles. The second-order valence-corrected chi connectivity index (χ2v) is 4.59. The Kier molecular flexibility index (Phi) is 4.23. The fourth-order valence-corrected chi connectivity index (χ4v) is 1.92. The van der Waals surface area contributed by atoms with Crippen LogP contribution in [0.3, 0.4) is 0 Å². The van der Waals surface area contributed by atoms with Crippen LogP contribution >= 0.6 is 0 Å². The molecule has 0 spiro atoms. The Morgan fingerprint density at radius 2 is 1.88 bits per heavy atom. The predicted molar refractivity (Wildman–Crippen MR) is 62.3 cm³/mol. The van der Waals surface area contributed by atoms with Crippen molar-refractivity contribution in [3.05, 3.63) is 35.9 Å². The van der Waals surface area contributed by atoms with Gasteiger partial charge in [-0.25, -0.2) is 9.18 Å². The quantitative estimate of drug-likeness (QED) is 0.830. The molecule has 0 aromatic heterocycles. The number of carboxylic acids is 1. The van der Waals surface area contributed by atoms with Crippen molar-refractivity contribution in [1.29, 1.82) is 0 Å². The molecule has 0 saturated heterocycles. The number of aliphatic hydroxyl groups is 1. The highest BCUT2D eigenvalue weighted by Gasteiger charge is 2.43. The molecule has 2 unspecified atom stereocenters. The minimum atomic E-state index is -2.33. The summed E-state index contributed by atoms with van der Waals surface area (Å²) in [5, 5.41) is 19.1. The van der Waals surface area contributed by atoms with Crippen molar-refractivity contribution in [3.8, 4) is 0 Å². The second-order valence-electron chi connectivity index (χ2n) is 4.59. The second kappa shape index (κ2) is 5.27. The van der Waals surface area contributed by atoms with Gasteiger partial charge in [0.25, 0.3) is 0 Å². The van der Waals surface area contributed by atoms with Gasteiger partial charge in [-0.1, -0.05) is 44.2 Å². The summed E-state index contributed by atoms with van der Waals surface area (Å²) in [6.07, 6.45) is -2.27. The molecular weight excluding hydrogens is 223 g/mol. The first-order chi connectivity index (χ1) is 7.88. The van der Waals surface area contributed by atoms with Crippen molar-refractivity contribution >= 4 is 5.97 Å². The molecule has 2 N–H and O–H groups in total. The summed E-state index contributed by atoms with van der Waals surface area (Å²) in [7, 11) is 0. The number of aliphatic carboxylic acids is 1. The Balaban J connectivity index is 3.15. The molecule has 0 aliphatic heterocycles. The standard InChI is InChI=1S/C13H17FO3/c1-9(2)8-13(17,11(14)12(15)16)10-6-4-3-5-7-10/h3-7,9,11,17H,8H2,1-2H3,(H,15,16). The molecule has 1 rings (SSSR count). The van der Waals surface area contributed by atoms with Crippen molar-refractivity contribution in [3.63, 3.8) is 0 Å². The van der Waals surface area contributed by atoms with Crippen LogP contribution in [-0.2, 0) is 10.4 Å². The zero-order valence-corrected chi connectivity index (χ0v) is 9.93. The first-order valence-electron chi connectivity index (χ1n) is 5.52. The number of hydrogen-bond donors (Lipinski definition) is 2. The molecule has 94 valence electrons. The summed E-state index contributed by atoms with van der Waals surface area (Å²) >= 11 is 0. The smallest absolute Gasteiger partial charge is 0.341 e. The van der Waals surface area contributed by atoms with Gasteiger partial charge in [-0.05, 0) is 17.9 Å². The molecule has 1 aromatic rings. The van der Waals surface area contributed by atoms with E-state index in [0.717, 1.165) is 0 Å². The molecule has 0 fully saturated rings. The highest BCUT2D eigenvalue weighted by Crippen LogP contribution is 2.34. The van der Waals surface area contributed by atoms with Crippen LogP contribution in [0.4, 0.5) is 4.39 Å². The van der Waals surface area contributed by atoms with Crippen LogP contribution in [0.25, 0.3) is 0 Å². The summed E-state index contributed by atoms with van der Waals surface area (Å²) in [6, 6.07) is 8.10. The van der Waals surface area contributed by atoms with Gasteiger partial charge in [-0.3, -0.25) is 0 Å². The normalized spacial score (nSPS) is 16.5. The first-order valence-corrected chi connectivity index (χ1v) is 5.52. The van der Waals surface area contributed by atoms with Crippen LogP contribution in [0.15, 0.2) is 30.3 Å². The van der Waals surface area contributed by atoms with E-state index < -0.39 is 17.7 Å². The van der Waals surface area contributed by atoms with E-state index >= 15 is 0 Å². The lowest BCUT2D eigenvalue weighted by molar-refractivity contribution is -0.157. The molecular formula is C13H17FO3. The average Bonchev–Trinajstić information content (AvgIpc) is 2.28. The summed E-state index contributed by atoms with van der Waals surface area (Å²) in [5.74, 6) is -1.66. The van der Waals surface area contributed by atoms with Crippen LogP contribution in [0.2, 0.25) is 0 Å². The largest absolute Gasteiger partial charge is 0.479 e. The van der Waals surface area contributed by atoms with E-state index in [4.69, 9.17) is 5.11 Å². The maximum absolute atomic E-state index is 13.8. The lowest BCUT2D eigenvalue weighted by Crippen LogP contribution is -2.42. The van der Waals surface area contributed by atoms with Crippen molar-refractivity contribution in [2.45, 2.75) is 32.0 Å². The van der Waals surface area contributed by atoms with Gasteiger partial charge < -0.3 is 10.2 Å². The summed E-state index contributed by atoms with van der Waals surface area (Å²) in [5.41, 5.74) is -1.68. The van der Waals surface area contributed by atoms with Gasteiger partial charge in [0.1, 0.15) is 5.60 Å². The van der Waals surface area contributed by atoms with E-state index in [9.17, 15) is 14.3 Å². The summed E-state index contributed by atoms with van der Waals surface area (Å²) in [6.45, 7) is 3.62. The maximum Gasteiger partial charge on any atom is 0.341 e. The topological polar surface area (TPSA) is 57.5 Å². The third kappa shape index (κ3) is 3.03. The zero-order valence-electron chi connectivity index (χ0n) is 9.93. The van der Waals surface area contributed by atoms with Crippen molar-refractivity contribution in [1.82, 2.24) is 0 Å². The minimum absolute atomic E-state index is 0.0159. The summed E-state index contributed by atoms with van der Waals surface area (Å²) in [4.78, 5) is 10.8. The van der Waals surface area contributed by atoms with Gasteiger partial charge in [0.05, 0.1) is 0 Å². The lowest BCUT2D eigenvalue weighted by Gasteiger charge is -2.31. The molecule has 0 aliphatic rings. The Hall–Kier alpha value is -1.42. The van der Waals surface area contributed by atoms with Gasteiger partial charge in [0, 0.05) is 0 Å². The Morgan fingerprint density at radius 1 is 1.35 bits per heavy atom. The number of benzene rings is 1. The molecule has 0 saturated carbocycles. The van der Waals surface area contributed by atoms with E-state index in [1.54, 1.807) is 18.2 Å². The van der Waals surface area contributed by atoms with E-state index in [0.29, 0.717) is 5.56 Å². The lowest BCUT2D eigenvalue weighted by atomic mass is 9.82. The highest BCUT2D eigenvalue weighted by molar-refractivity contribution is 5.74. The number of carboxylic acid groups (broad SMARTS) is 1. The number of alkyl halides is 1. The van der Waals surface area contributed by atoms with Crippen molar-refractivity contribution < 1.29 is 19.4 Å². The van der Waals surface area contributed by atoms with E-state index in [1.165, 1.54) is 12.1 Å². The number of halogens is 1. The SMILES string of the molecule is CC(C)CC(O)(c1ccccc1)C(F)C(=O)O. The van der Waals surface area contributed by atoms with Crippen molar-refractivity contribution in [2.75, 3.05) is 0 Å². The van der Waals surface area contributed by atoms with Crippen molar-refractivity contribution in [2.24, 2.45) is 5.92 Å². The predicted octanol–water partition coefficient (Wildman–Crippen LogP) is 2.34. The molecule has 17 heavy (non-hydrogen) atoms. The van der Waals surface area contributed by atoms with E-state index in [-0.39, 0.29) is 12.3 Å². The van der Waals surface area contributed by atoms with Crippen LogP contribution < -0.4 is 0 Å². The molecule has 0 radical (unpaired) electrons. The van der Waals surface area contributed by atoms with Gasteiger partial charge in [-0.15, -0.1) is 0 Å².